The van der Waals surface area contributed by atoms with Crippen molar-refractivity contribution in [2.75, 3.05) is 0 Å². The Bertz CT molecular complexity index is 1680. The first-order valence-corrected chi connectivity index (χ1v) is 16.3. The largest absolute Gasteiger partial charge is 0.253 e. The van der Waals surface area contributed by atoms with Crippen LogP contribution in [0.15, 0.2) is 114 Å². The van der Waals surface area contributed by atoms with Crippen LogP contribution < -0.4 is 0 Å². The Labute approximate surface area is 258 Å². The molecule has 1 aliphatic carbocycles. The van der Waals surface area contributed by atoms with Crippen molar-refractivity contribution in [3.8, 4) is 34.2 Å². The number of nitrogens with zero attached hydrogens (tertiary/aromatic N) is 4. The van der Waals surface area contributed by atoms with E-state index < -0.39 is 0 Å². The molecule has 4 aromatic carbocycles. The lowest BCUT2D eigenvalue weighted by Crippen LogP contribution is -2.28. The van der Waals surface area contributed by atoms with Crippen LogP contribution in [0.3, 0.4) is 0 Å². The Morgan fingerprint density at radius 3 is 1.77 bits per heavy atom. The van der Waals surface area contributed by atoms with Crippen LogP contribution in [0, 0.1) is 11.8 Å². The molecule has 1 aromatic heterocycles. The molecule has 5 aromatic rings. The summed E-state index contributed by atoms with van der Waals surface area (Å²) in [5, 5.41) is 0.921. The fourth-order valence-corrected chi connectivity index (χ4v) is 8.19. The minimum absolute atomic E-state index is 0.302. The molecule has 5 heteroatoms. The summed E-state index contributed by atoms with van der Waals surface area (Å²) in [7, 11) is 0. The lowest BCUT2D eigenvalue weighted by molar-refractivity contribution is 0.306. The summed E-state index contributed by atoms with van der Waals surface area (Å²) < 4.78 is 0. The highest BCUT2D eigenvalue weighted by Gasteiger charge is 2.33. The molecule has 43 heavy (non-hydrogen) atoms. The van der Waals surface area contributed by atoms with Gasteiger partial charge in [-0.25, -0.2) is 15.0 Å². The van der Waals surface area contributed by atoms with Crippen LogP contribution in [0.2, 0.25) is 0 Å². The van der Waals surface area contributed by atoms with Crippen molar-refractivity contribution in [2.24, 2.45) is 16.8 Å². The van der Waals surface area contributed by atoms with E-state index in [2.05, 4.69) is 98.4 Å². The quantitative estimate of drug-likeness (QED) is 0.212. The summed E-state index contributed by atoms with van der Waals surface area (Å²) in [5.41, 5.74) is 7.67. The van der Waals surface area contributed by atoms with Gasteiger partial charge in [-0.15, -0.1) is 0 Å². The maximum atomic E-state index is 5.41. The molecule has 214 valence electrons. The zero-order chi connectivity index (χ0) is 29.2. The number of rotatable bonds is 4. The van der Waals surface area contributed by atoms with E-state index in [1.165, 1.54) is 36.1 Å². The third kappa shape index (κ3) is 6.05. The molecule has 0 amide bonds. The van der Waals surface area contributed by atoms with Gasteiger partial charge in [-0.2, -0.15) is 11.8 Å². The summed E-state index contributed by atoms with van der Waals surface area (Å²) >= 11 is 2.14. The maximum Gasteiger partial charge on any atom is 0.164 e. The second-order valence-corrected chi connectivity index (χ2v) is 13.5. The van der Waals surface area contributed by atoms with Crippen molar-refractivity contribution < 1.29 is 0 Å². The molecule has 1 fully saturated rings. The first-order valence-electron chi connectivity index (χ1n) is 15.4. The fraction of sp³-hybridized carbons (Fsp3) is 0.263. The monoisotopic (exact) mass is 580 g/mol. The van der Waals surface area contributed by atoms with E-state index >= 15 is 0 Å². The highest BCUT2D eigenvalue weighted by Crippen LogP contribution is 2.48. The zero-order valence-electron chi connectivity index (χ0n) is 24.7. The van der Waals surface area contributed by atoms with Gasteiger partial charge in [0, 0.05) is 32.9 Å². The van der Waals surface area contributed by atoms with Gasteiger partial charge in [-0.05, 0) is 67.3 Å². The molecular formula is C38H36N4S. The number of aromatic nitrogens is 3. The average molecular weight is 581 g/mol. The van der Waals surface area contributed by atoms with Crippen molar-refractivity contribution >= 4 is 23.2 Å². The normalized spacial score (nSPS) is 23.1. The lowest BCUT2D eigenvalue weighted by Gasteiger charge is -2.36. The zero-order valence-corrected chi connectivity index (χ0v) is 25.5. The summed E-state index contributed by atoms with van der Waals surface area (Å²) in [6.07, 6.45) is 4.87. The molecule has 7 rings (SSSR count). The van der Waals surface area contributed by atoms with Crippen LogP contribution in [0.4, 0.5) is 5.69 Å². The number of fused-ring (bicyclic) bond motifs is 2. The average Bonchev–Trinajstić information content (AvgIpc) is 3.12. The van der Waals surface area contributed by atoms with E-state index in [4.69, 9.17) is 19.9 Å². The minimum Gasteiger partial charge on any atom is -0.253 e. The van der Waals surface area contributed by atoms with E-state index in [1.807, 2.05) is 36.4 Å². The van der Waals surface area contributed by atoms with Gasteiger partial charge in [0.15, 0.2) is 17.5 Å². The molecule has 2 aliphatic rings. The first kappa shape index (κ1) is 27.7. The number of hydrogen-bond acceptors (Lipinski definition) is 5. The molecule has 1 saturated carbocycles. The third-order valence-electron chi connectivity index (χ3n) is 8.81. The van der Waals surface area contributed by atoms with E-state index in [9.17, 15) is 0 Å². The predicted molar refractivity (Wildman–Crippen MR) is 180 cm³/mol. The van der Waals surface area contributed by atoms with Crippen LogP contribution in [0.1, 0.15) is 55.9 Å². The third-order valence-corrected chi connectivity index (χ3v) is 10.4. The van der Waals surface area contributed by atoms with E-state index in [0.29, 0.717) is 33.9 Å². The van der Waals surface area contributed by atoms with Gasteiger partial charge in [-0.3, -0.25) is 4.99 Å². The lowest BCUT2D eigenvalue weighted by atomic mass is 9.79. The van der Waals surface area contributed by atoms with Crippen LogP contribution in [-0.4, -0.2) is 25.9 Å². The molecule has 0 N–H and O–H groups in total. The Hall–Kier alpha value is -4.09. The van der Waals surface area contributed by atoms with Crippen molar-refractivity contribution in [3.05, 3.63) is 120 Å². The summed E-state index contributed by atoms with van der Waals surface area (Å²) in [6.45, 7) is 4.77. The molecule has 0 saturated heterocycles. The summed E-state index contributed by atoms with van der Waals surface area (Å²) in [5.74, 6) is 3.45. The molecule has 0 spiro atoms. The number of benzene rings is 4. The van der Waals surface area contributed by atoms with E-state index in [1.54, 1.807) is 0 Å². The first-order chi connectivity index (χ1) is 21.1. The molecule has 4 atom stereocenters. The van der Waals surface area contributed by atoms with Gasteiger partial charge in [0.1, 0.15) is 0 Å². The number of thioether (sulfide) groups is 1. The Morgan fingerprint density at radius 1 is 0.605 bits per heavy atom. The summed E-state index contributed by atoms with van der Waals surface area (Å²) in [6, 6.07) is 37.7. The molecular weight excluding hydrogens is 545 g/mol. The molecule has 2 heterocycles. The highest BCUT2D eigenvalue weighted by atomic mass is 32.2. The second-order valence-electron chi connectivity index (χ2n) is 11.9. The van der Waals surface area contributed by atoms with Crippen molar-refractivity contribution in [2.45, 2.75) is 50.0 Å². The van der Waals surface area contributed by atoms with Crippen molar-refractivity contribution in [1.29, 1.82) is 0 Å². The number of aliphatic imine (C=N–C) groups is 1. The van der Waals surface area contributed by atoms with Gasteiger partial charge in [0.25, 0.3) is 0 Å². The second kappa shape index (κ2) is 12.3. The van der Waals surface area contributed by atoms with Crippen LogP contribution in [0.5, 0.6) is 0 Å². The molecule has 1 aliphatic heterocycles. The van der Waals surface area contributed by atoms with Gasteiger partial charge in [0.05, 0.1) is 5.69 Å². The van der Waals surface area contributed by atoms with Gasteiger partial charge < -0.3 is 0 Å². The van der Waals surface area contributed by atoms with Crippen molar-refractivity contribution in [3.63, 3.8) is 0 Å². The van der Waals surface area contributed by atoms with Gasteiger partial charge in [-0.1, -0.05) is 104 Å². The molecule has 0 radical (unpaired) electrons. The van der Waals surface area contributed by atoms with Crippen LogP contribution in [-0.2, 0) is 0 Å². The van der Waals surface area contributed by atoms with Crippen LogP contribution >= 0.6 is 11.8 Å². The van der Waals surface area contributed by atoms with E-state index in [0.717, 1.165) is 34.7 Å². The SMILES string of the molecule is CC1CCC2C/C(c3ccccc3)=N\c3ccc(-c4nc(-c5ccccc5)nc(-c5ccccc5)n4)cc3C(C)S[C@@H]2C1. The fourth-order valence-electron chi connectivity index (χ4n) is 6.44. The maximum absolute atomic E-state index is 5.41. The predicted octanol–water partition coefficient (Wildman–Crippen LogP) is 10.00. The highest BCUT2D eigenvalue weighted by molar-refractivity contribution is 8.00. The van der Waals surface area contributed by atoms with Gasteiger partial charge >= 0.3 is 0 Å². The summed E-state index contributed by atoms with van der Waals surface area (Å²) in [4.78, 5) is 20.3. The Morgan fingerprint density at radius 2 is 1.16 bits per heavy atom. The van der Waals surface area contributed by atoms with E-state index in [-0.39, 0.29) is 0 Å². The standard InChI is InChI=1S/C38H36N4S/c1-25-18-19-30-24-34(27-12-6-3-7-13-27)39-33-21-20-31(23-32(33)26(2)43-35(30)22-25)38-41-36(28-14-8-4-9-15-28)40-37(42-38)29-16-10-5-11-17-29/h3-17,20-21,23,25-26,30,35H,18-19,22,24H2,1-2H3/b39-34+/t25?,26?,30?,35-/m1/s1. The minimum atomic E-state index is 0.302. The Kier molecular flexibility index (Phi) is 7.90. The Balaban J connectivity index is 1.36. The van der Waals surface area contributed by atoms with Gasteiger partial charge in [0.2, 0.25) is 0 Å². The smallest absolute Gasteiger partial charge is 0.164 e. The molecule has 4 nitrogen and oxygen atoms in total. The van der Waals surface area contributed by atoms with Crippen LogP contribution in [0.25, 0.3) is 34.2 Å². The van der Waals surface area contributed by atoms with Crippen molar-refractivity contribution in [1.82, 2.24) is 15.0 Å². The number of hydrogen-bond donors (Lipinski definition) is 0. The molecule has 0 bridgehead atoms. The topological polar surface area (TPSA) is 51.0 Å². The molecule has 3 unspecified atom stereocenters.